The summed E-state index contributed by atoms with van der Waals surface area (Å²) in [5.74, 6) is 1.55. The number of nitrogens with zero attached hydrogens (tertiary/aromatic N) is 2. The van der Waals surface area contributed by atoms with Crippen LogP contribution in [-0.4, -0.2) is 24.9 Å². The summed E-state index contributed by atoms with van der Waals surface area (Å²) >= 11 is 0. The quantitative estimate of drug-likeness (QED) is 0.0247. The van der Waals surface area contributed by atoms with Crippen LogP contribution in [0.4, 0.5) is 11.4 Å². The maximum atomic E-state index is 16.2. The molecule has 0 aliphatic carbocycles. The number of hydrogen-bond acceptors (Lipinski definition) is 3. The molecule has 0 bridgehead atoms. The molecule has 2 aliphatic heterocycles. The summed E-state index contributed by atoms with van der Waals surface area (Å²) in [6.45, 7) is 24.1. The number of hydrogen-bond donors (Lipinski definition) is 0. The van der Waals surface area contributed by atoms with Crippen molar-refractivity contribution >= 4 is 66.8 Å². The molecule has 1 aromatic heterocycles. The van der Waals surface area contributed by atoms with E-state index in [1.807, 2.05) is 0 Å². The zero-order valence-electron chi connectivity index (χ0n) is 56.4. The molecule has 2 unspecified atom stereocenters. The molecule has 0 fully saturated rings. The number of carbonyl (C=O) groups is 2. The van der Waals surface area contributed by atoms with Gasteiger partial charge in [-0.15, -0.1) is 0 Å². The second-order valence-electron chi connectivity index (χ2n) is 28.9. The van der Waals surface area contributed by atoms with Crippen LogP contribution >= 0.6 is 0 Å². The van der Waals surface area contributed by atoms with Crippen molar-refractivity contribution in [1.82, 2.24) is 0 Å². The first-order chi connectivity index (χ1) is 43.1. The van der Waals surface area contributed by atoms with Gasteiger partial charge in [-0.25, -0.2) is 0 Å². The lowest BCUT2D eigenvalue weighted by Gasteiger charge is -2.26. The van der Waals surface area contributed by atoms with Crippen molar-refractivity contribution in [2.45, 2.75) is 234 Å². The molecule has 7 aromatic carbocycles. The van der Waals surface area contributed by atoms with Gasteiger partial charge in [0, 0.05) is 46.1 Å². The third-order valence-corrected chi connectivity index (χ3v) is 19.9. The first kappa shape index (κ1) is 65.2. The van der Waals surface area contributed by atoms with Crippen LogP contribution in [0.15, 0.2) is 138 Å². The smallest absolute Gasteiger partial charge is 0.259 e. The van der Waals surface area contributed by atoms with E-state index in [-0.39, 0.29) is 22.6 Å². The molecule has 5 nitrogen and oxygen atoms in total. The Kier molecular flexibility index (Phi) is 21.9. The Hall–Kier alpha value is -6.72. The molecule has 2 atom stereocenters. The maximum Gasteiger partial charge on any atom is 0.259 e. The highest BCUT2D eigenvalue weighted by atomic mass is 16.3. The van der Waals surface area contributed by atoms with Crippen molar-refractivity contribution in [3.05, 3.63) is 156 Å². The molecule has 0 radical (unpaired) electrons. The Morgan fingerprint density at radius 3 is 1.30 bits per heavy atom. The molecule has 2 aliphatic rings. The van der Waals surface area contributed by atoms with Gasteiger partial charge in [-0.2, -0.15) is 0 Å². The van der Waals surface area contributed by atoms with Crippen LogP contribution in [0.2, 0.25) is 0 Å². The normalized spacial score (nSPS) is 15.1. The number of unbranched alkanes of at least 4 members (excludes halogenated alkanes) is 16. The Labute approximate surface area is 536 Å². The van der Waals surface area contributed by atoms with Gasteiger partial charge in [0.25, 0.3) is 11.8 Å². The van der Waals surface area contributed by atoms with Gasteiger partial charge in [-0.05, 0) is 117 Å². The Balaban J connectivity index is 1.14. The highest BCUT2D eigenvalue weighted by molar-refractivity contribution is 6.50. The molecule has 89 heavy (non-hydrogen) atoms. The summed E-state index contributed by atoms with van der Waals surface area (Å²) in [5, 5.41) is 5.67. The van der Waals surface area contributed by atoms with Crippen molar-refractivity contribution in [2.75, 3.05) is 22.9 Å². The van der Waals surface area contributed by atoms with E-state index >= 15 is 9.59 Å². The molecule has 0 saturated heterocycles. The SMILES string of the molecule is CCCCCCCCC(CCCCCC)CN1C(=O)/C(=C2/C(=O)N(CC(CCCCCC)CCCCCCCC)c3cc(C(C)(C)C)ccc32)c2ccc(-c3ccc4c5ccc(C(C)(C)C)cc5c5oc(-c6ccccc6)c(-c6ccccc6)c5c4c3)cc21. The van der Waals surface area contributed by atoms with Crippen LogP contribution in [-0.2, 0) is 20.4 Å². The van der Waals surface area contributed by atoms with Crippen LogP contribution in [0, 0.1) is 11.8 Å². The van der Waals surface area contributed by atoms with Gasteiger partial charge in [0.05, 0.1) is 22.5 Å². The van der Waals surface area contributed by atoms with Crippen molar-refractivity contribution in [3.63, 3.8) is 0 Å². The molecule has 470 valence electrons. The van der Waals surface area contributed by atoms with Gasteiger partial charge in [0.15, 0.2) is 0 Å². The number of benzene rings is 7. The summed E-state index contributed by atoms with van der Waals surface area (Å²) in [6.07, 6.45) is 29.1. The summed E-state index contributed by atoms with van der Waals surface area (Å²) in [4.78, 5) is 36.5. The average molecular weight is 1190 g/mol. The fourth-order valence-electron chi connectivity index (χ4n) is 14.6. The molecule has 0 spiro atoms. The van der Waals surface area contributed by atoms with E-state index in [2.05, 4.69) is 212 Å². The third-order valence-electron chi connectivity index (χ3n) is 19.9. The molecule has 10 rings (SSSR count). The van der Waals surface area contributed by atoms with E-state index in [1.54, 1.807) is 0 Å². The number of carbonyl (C=O) groups excluding carboxylic acids is 2. The summed E-state index contributed by atoms with van der Waals surface area (Å²) < 4.78 is 7.32. The van der Waals surface area contributed by atoms with E-state index in [9.17, 15) is 0 Å². The van der Waals surface area contributed by atoms with Crippen molar-refractivity contribution in [2.24, 2.45) is 11.8 Å². The lowest BCUT2D eigenvalue weighted by Crippen LogP contribution is -2.34. The first-order valence-corrected chi connectivity index (χ1v) is 35.4. The zero-order valence-corrected chi connectivity index (χ0v) is 56.4. The molecule has 8 aromatic rings. The van der Waals surface area contributed by atoms with E-state index in [0.29, 0.717) is 36.1 Å². The lowest BCUT2D eigenvalue weighted by atomic mass is 9.84. The standard InChI is InChI=1S/C84H106N2O3/c1-11-15-19-23-25-31-39-59(37-29-21-17-13-3)57-85-73-54-64(63-45-49-67-68-51-47-65(83(5,6)7)55-72(68)80-76(71(67)53-63)75(61-41-33-27-34-42-61)79(89-80)62-43-35-28-36-44-62)46-50-69(73)77(81(85)87)78-70-52-48-66(84(8,9)10)56-74(70)86(82(78)88)58-60(38-30-22-18-14-4)40-32-26-24-20-16-12-2/h27-28,33-36,41-56,59-60H,11-26,29-32,37-40,57-58H2,1-10H3/b78-77+. The number of amides is 2. The van der Waals surface area contributed by atoms with Crippen molar-refractivity contribution in [3.8, 4) is 33.6 Å². The van der Waals surface area contributed by atoms with Crippen LogP contribution in [0.1, 0.15) is 246 Å². The number of anilines is 2. The first-order valence-electron chi connectivity index (χ1n) is 35.4. The van der Waals surface area contributed by atoms with Crippen LogP contribution in [0.25, 0.3) is 77.2 Å². The predicted octanol–water partition coefficient (Wildman–Crippen LogP) is 24.6. The Bertz CT molecular complexity index is 3720. The zero-order chi connectivity index (χ0) is 62.7. The minimum atomic E-state index is -0.120. The van der Waals surface area contributed by atoms with E-state index in [1.165, 1.54) is 139 Å². The fraction of sp³-hybridized carbons (Fsp3) is 0.476. The number of fused-ring (bicyclic) bond motifs is 8. The van der Waals surface area contributed by atoms with E-state index in [4.69, 9.17) is 4.42 Å². The largest absolute Gasteiger partial charge is 0.455 e. The Morgan fingerprint density at radius 1 is 0.382 bits per heavy atom. The average Bonchev–Trinajstić information content (AvgIpc) is 1.63. The molecule has 2 amide bonds. The van der Waals surface area contributed by atoms with Gasteiger partial charge in [0.2, 0.25) is 0 Å². The van der Waals surface area contributed by atoms with Gasteiger partial charge in [0.1, 0.15) is 11.3 Å². The topological polar surface area (TPSA) is 53.8 Å². The van der Waals surface area contributed by atoms with E-state index < -0.39 is 0 Å². The fourth-order valence-corrected chi connectivity index (χ4v) is 14.6. The predicted molar refractivity (Wildman–Crippen MR) is 383 cm³/mol. The molecular formula is C84H106N2O3. The second kappa shape index (κ2) is 29.9. The third kappa shape index (κ3) is 14.9. The minimum absolute atomic E-state index is 0.0133. The van der Waals surface area contributed by atoms with Crippen LogP contribution in [0.5, 0.6) is 0 Å². The highest BCUT2D eigenvalue weighted by Crippen LogP contribution is 2.52. The summed E-state index contributed by atoms with van der Waals surface area (Å²) in [7, 11) is 0. The molecule has 5 heteroatoms. The highest BCUT2D eigenvalue weighted by Gasteiger charge is 2.44. The molecule has 0 saturated carbocycles. The molecular weight excluding hydrogens is 1080 g/mol. The minimum Gasteiger partial charge on any atom is -0.455 e. The van der Waals surface area contributed by atoms with Crippen molar-refractivity contribution < 1.29 is 14.0 Å². The van der Waals surface area contributed by atoms with Crippen LogP contribution in [0.3, 0.4) is 0 Å². The number of rotatable bonds is 31. The summed E-state index contributed by atoms with van der Waals surface area (Å²) in [6, 6.07) is 48.7. The maximum absolute atomic E-state index is 16.2. The lowest BCUT2D eigenvalue weighted by molar-refractivity contribution is -0.114. The Morgan fingerprint density at radius 2 is 0.787 bits per heavy atom. The molecule has 0 N–H and O–H groups in total. The molecule has 3 heterocycles. The summed E-state index contributed by atoms with van der Waals surface area (Å²) in [5.41, 5.74) is 13.4. The van der Waals surface area contributed by atoms with Gasteiger partial charge in [-0.3, -0.25) is 9.59 Å². The van der Waals surface area contributed by atoms with Gasteiger partial charge >= 0.3 is 0 Å². The van der Waals surface area contributed by atoms with Gasteiger partial charge in [-0.1, -0.05) is 307 Å². The monoisotopic (exact) mass is 1190 g/mol. The van der Waals surface area contributed by atoms with Gasteiger partial charge < -0.3 is 14.2 Å². The van der Waals surface area contributed by atoms with E-state index in [0.717, 1.165) is 115 Å². The number of furan rings is 1. The second-order valence-corrected chi connectivity index (χ2v) is 28.9. The van der Waals surface area contributed by atoms with Crippen LogP contribution < -0.4 is 9.80 Å². The van der Waals surface area contributed by atoms with Crippen molar-refractivity contribution in [1.29, 1.82) is 0 Å².